The van der Waals surface area contributed by atoms with E-state index in [9.17, 15) is 9.59 Å². The zero-order valence-corrected chi connectivity index (χ0v) is 26.5. The van der Waals surface area contributed by atoms with E-state index in [1.54, 1.807) is 22.7 Å². The number of carbonyl (C=O) groups excluding carboxylic acids is 2. The predicted molar refractivity (Wildman–Crippen MR) is 167 cm³/mol. The third-order valence-electron chi connectivity index (χ3n) is 8.12. The summed E-state index contributed by atoms with van der Waals surface area (Å²) in [5, 5.41) is 15.3. The molecule has 1 aromatic carbocycles. The number of carbonyl (C=O) groups is 2. The Hall–Kier alpha value is -2.87. The van der Waals surface area contributed by atoms with Crippen molar-refractivity contribution in [2.75, 3.05) is 13.1 Å². The van der Waals surface area contributed by atoms with Crippen LogP contribution in [0.4, 0.5) is 0 Å². The van der Waals surface area contributed by atoms with Gasteiger partial charge in [-0.15, -0.1) is 10.2 Å². The maximum Gasteiger partial charge on any atom is 0.269 e. The molecule has 3 unspecified atom stereocenters. The van der Waals surface area contributed by atoms with Gasteiger partial charge in [-0.1, -0.05) is 91.7 Å². The normalized spacial score (nSPS) is 13.9. The van der Waals surface area contributed by atoms with Gasteiger partial charge in [-0.2, -0.15) is 0 Å². The third kappa shape index (κ3) is 8.81. The van der Waals surface area contributed by atoms with Gasteiger partial charge in [0.05, 0.1) is 0 Å². The van der Waals surface area contributed by atoms with Crippen LogP contribution in [-0.4, -0.2) is 55.7 Å². The number of fused-ring (bicyclic) bond motifs is 1. The largest absolute Gasteiger partial charge is 0.340 e. The van der Waals surface area contributed by atoms with Crippen LogP contribution in [-0.2, 0) is 4.79 Å². The van der Waals surface area contributed by atoms with Crippen LogP contribution in [0.3, 0.4) is 0 Å². The van der Waals surface area contributed by atoms with Crippen LogP contribution < -0.4 is 5.32 Å². The summed E-state index contributed by atoms with van der Waals surface area (Å²) in [7, 11) is 0. The molecular weight excluding hydrogens is 536 g/mol. The molecule has 0 bridgehead atoms. The highest BCUT2D eigenvalue weighted by molar-refractivity contribution is 6.30. The van der Waals surface area contributed by atoms with Crippen molar-refractivity contribution in [1.82, 2.24) is 30.0 Å². The van der Waals surface area contributed by atoms with Crippen molar-refractivity contribution in [3.8, 4) is 11.4 Å². The second-order valence-electron chi connectivity index (χ2n) is 11.7. The van der Waals surface area contributed by atoms with Crippen molar-refractivity contribution in [1.29, 1.82) is 0 Å². The number of hydrogen-bond donors (Lipinski definition) is 2. The molecule has 9 heteroatoms. The Labute approximate surface area is 250 Å². The number of H-pyrrole nitrogens is 1. The molecule has 0 aliphatic rings. The van der Waals surface area contributed by atoms with Crippen LogP contribution in [0.1, 0.15) is 103 Å². The number of amides is 2. The van der Waals surface area contributed by atoms with Crippen molar-refractivity contribution >= 4 is 29.1 Å². The molecule has 0 aliphatic heterocycles. The number of hydrogen-bond acceptors (Lipinski definition) is 4. The van der Waals surface area contributed by atoms with Crippen LogP contribution >= 0.6 is 11.6 Å². The van der Waals surface area contributed by atoms with Gasteiger partial charge in [-0.05, 0) is 54.9 Å². The topological polar surface area (TPSA) is 95.4 Å². The first-order chi connectivity index (χ1) is 19.7. The lowest BCUT2D eigenvalue weighted by Gasteiger charge is -2.34. The highest BCUT2D eigenvalue weighted by Crippen LogP contribution is 2.23. The third-order valence-corrected chi connectivity index (χ3v) is 8.37. The van der Waals surface area contributed by atoms with Gasteiger partial charge in [0.25, 0.3) is 5.91 Å². The zero-order chi connectivity index (χ0) is 29.9. The number of nitrogens with one attached hydrogen (secondary N) is 2. The maximum atomic E-state index is 14.2. The summed E-state index contributed by atoms with van der Waals surface area (Å²) in [6.07, 6.45) is 8.96. The van der Waals surface area contributed by atoms with Gasteiger partial charge in [-0.3, -0.25) is 14.7 Å². The average Bonchev–Trinajstić information content (AvgIpc) is 3.56. The summed E-state index contributed by atoms with van der Waals surface area (Å²) in [6.45, 7) is 14.3. The molecule has 0 saturated heterocycles. The fourth-order valence-corrected chi connectivity index (χ4v) is 5.45. The van der Waals surface area contributed by atoms with Crippen LogP contribution in [0, 0.1) is 17.8 Å². The minimum atomic E-state index is -0.626. The van der Waals surface area contributed by atoms with Gasteiger partial charge in [-0.25, -0.2) is 4.52 Å². The Bertz CT molecular complexity index is 1220. The minimum absolute atomic E-state index is 0.0121. The molecule has 2 heterocycles. The van der Waals surface area contributed by atoms with Crippen LogP contribution in [0.2, 0.25) is 5.02 Å². The number of aromatic nitrogens is 4. The maximum absolute atomic E-state index is 14.2. The molecule has 2 N–H and O–H groups in total. The van der Waals surface area contributed by atoms with E-state index in [2.05, 4.69) is 53.2 Å². The highest BCUT2D eigenvalue weighted by Gasteiger charge is 2.31. The number of halogens is 1. The molecule has 0 saturated carbocycles. The van der Waals surface area contributed by atoms with Crippen molar-refractivity contribution in [2.45, 2.75) is 99.0 Å². The molecule has 8 nitrogen and oxygen atoms in total. The predicted octanol–water partition coefficient (Wildman–Crippen LogP) is 7.39. The molecule has 3 rings (SSSR count). The van der Waals surface area contributed by atoms with Crippen molar-refractivity contribution < 1.29 is 9.59 Å². The summed E-state index contributed by atoms with van der Waals surface area (Å²) in [6, 6.07) is 8.33. The van der Waals surface area contributed by atoms with Crippen molar-refractivity contribution in [3.63, 3.8) is 0 Å². The molecule has 3 atom stereocenters. The number of nitrogens with zero attached hydrogens (tertiary/aromatic N) is 4. The molecule has 0 spiro atoms. The van der Waals surface area contributed by atoms with Crippen molar-refractivity contribution in [3.05, 3.63) is 41.0 Å². The summed E-state index contributed by atoms with van der Waals surface area (Å²) in [5.74, 6) is 1.11. The van der Waals surface area contributed by atoms with E-state index in [0.29, 0.717) is 34.0 Å². The molecule has 0 fully saturated rings. The molecule has 226 valence electrons. The van der Waals surface area contributed by atoms with Gasteiger partial charge in [0.2, 0.25) is 5.91 Å². The molecule has 41 heavy (non-hydrogen) atoms. The number of rotatable bonds is 17. The summed E-state index contributed by atoms with van der Waals surface area (Å²) >= 11 is 6.04. The number of aromatic amines is 1. The fraction of sp³-hybridized carbons (Fsp3) is 0.625. The highest BCUT2D eigenvalue weighted by atomic mass is 35.5. The van der Waals surface area contributed by atoms with Crippen LogP contribution in [0.15, 0.2) is 30.3 Å². The smallest absolute Gasteiger partial charge is 0.269 e. The first kappa shape index (κ1) is 32.6. The first-order valence-corrected chi connectivity index (χ1v) is 15.9. The summed E-state index contributed by atoms with van der Waals surface area (Å²) < 4.78 is 1.68. The number of benzene rings is 1. The lowest BCUT2D eigenvalue weighted by Crippen LogP contribution is -2.53. The lowest BCUT2D eigenvalue weighted by atomic mass is 9.94. The van der Waals surface area contributed by atoms with E-state index in [1.165, 1.54) is 12.8 Å². The zero-order valence-electron chi connectivity index (χ0n) is 25.8. The first-order valence-electron chi connectivity index (χ1n) is 15.5. The van der Waals surface area contributed by atoms with E-state index < -0.39 is 6.04 Å². The standard InChI is InChI=1S/C32H49ClN6O2/c1-7-11-13-23(9-3)20-38(21-24(10-4)14-12-8-2)32(41)29(22(5)6)34-31(40)27-19-28-35-36-30(39(28)37-27)25-15-17-26(33)18-16-25/h15-19,22-24,29,37H,7-14,20-21H2,1-6H3,(H,34,40). The van der Waals surface area contributed by atoms with Crippen LogP contribution in [0.25, 0.3) is 17.0 Å². The summed E-state index contributed by atoms with van der Waals surface area (Å²) in [5.41, 5.74) is 1.68. The fourth-order valence-electron chi connectivity index (χ4n) is 5.33. The second kappa shape index (κ2) is 15.9. The number of unbranched alkanes of at least 4 members (excludes halogenated alkanes) is 2. The van der Waals surface area contributed by atoms with Gasteiger partial charge in [0.15, 0.2) is 11.5 Å². The van der Waals surface area contributed by atoms with Gasteiger partial charge in [0, 0.05) is 29.7 Å². The van der Waals surface area contributed by atoms with Gasteiger partial charge in [0.1, 0.15) is 11.7 Å². The Morgan fingerprint density at radius 2 is 1.54 bits per heavy atom. The SMILES string of the molecule is CCCCC(CC)CN(CC(CC)CCCC)C(=O)C(NC(=O)c1cc2nnc(-c3ccc(Cl)cc3)n2[nH]1)C(C)C. The average molecular weight is 585 g/mol. The quantitative estimate of drug-likeness (QED) is 0.173. The molecular formula is C32H49ClN6O2. The van der Waals surface area contributed by atoms with E-state index in [0.717, 1.165) is 57.2 Å². The molecule has 2 aromatic heterocycles. The Balaban J connectivity index is 1.82. The summed E-state index contributed by atoms with van der Waals surface area (Å²) in [4.78, 5) is 29.7. The Kier molecular flexibility index (Phi) is 12.7. The van der Waals surface area contributed by atoms with Gasteiger partial charge < -0.3 is 10.2 Å². The Morgan fingerprint density at radius 3 is 2.05 bits per heavy atom. The minimum Gasteiger partial charge on any atom is -0.340 e. The molecule has 2 amide bonds. The van der Waals surface area contributed by atoms with Gasteiger partial charge >= 0.3 is 0 Å². The van der Waals surface area contributed by atoms with E-state index in [-0.39, 0.29) is 17.7 Å². The molecule has 0 radical (unpaired) electrons. The monoisotopic (exact) mass is 584 g/mol. The Morgan fingerprint density at radius 1 is 0.951 bits per heavy atom. The lowest BCUT2D eigenvalue weighted by molar-refractivity contribution is -0.135. The van der Waals surface area contributed by atoms with E-state index >= 15 is 0 Å². The molecule has 0 aliphatic carbocycles. The second-order valence-corrected chi connectivity index (χ2v) is 12.1. The van der Waals surface area contributed by atoms with Crippen molar-refractivity contribution in [2.24, 2.45) is 17.8 Å². The molecule has 3 aromatic rings. The van der Waals surface area contributed by atoms with Crippen LogP contribution in [0.5, 0.6) is 0 Å². The van der Waals surface area contributed by atoms with E-state index in [1.807, 2.05) is 26.0 Å². The van der Waals surface area contributed by atoms with E-state index in [4.69, 9.17) is 11.6 Å².